The van der Waals surface area contributed by atoms with Crippen LogP contribution in [0.15, 0.2) is 30.3 Å². The van der Waals surface area contributed by atoms with E-state index < -0.39 is 14.6 Å². The lowest BCUT2D eigenvalue weighted by Crippen LogP contribution is -2.44. The number of benzene rings is 1. The van der Waals surface area contributed by atoms with Crippen molar-refractivity contribution in [1.29, 1.82) is 0 Å². The summed E-state index contributed by atoms with van der Waals surface area (Å²) in [6.45, 7) is 9.37. The number of nitrogens with one attached hydrogen (secondary N) is 2. The molecule has 1 aromatic heterocycles. The molecular formula is C26H37N5O5S. The molecule has 11 heteroatoms. The van der Waals surface area contributed by atoms with Crippen molar-refractivity contribution in [2.24, 2.45) is 0 Å². The maximum absolute atomic E-state index is 13.3. The van der Waals surface area contributed by atoms with Crippen LogP contribution < -0.4 is 15.5 Å². The standard InChI is InChI=1S/C26H37N5O5S/c1-18-17-36-14-12-31(18)22-16-21(26(10-11-26)37(34,35)15-5-13-32)28-23(29-22)19-6-8-20(9-7-19)27-24(33)30-25(2,3)4/h6-9,16,18,32H,5,10-15,17H2,1-4H3,(H2,27,30,33)/t18-/m0/s1. The molecule has 1 aliphatic heterocycles. The lowest BCUT2D eigenvalue weighted by atomic mass is 10.1. The first-order valence-corrected chi connectivity index (χ1v) is 14.4. The monoisotopic (exact) mass is 531 g/mol. The minimum Gasteiger partial charge on any atom is -0.396 e. The third kappa shape index (κ3) is 6.22. The smallest absolute Gasteiger partial charge is 0.319 e. The van der Waals surface area contributed by atoms with Gasteiger partial charge in [-0.1, -0.05) is 0 Å². The van der Waals surface area contributed by atoms with Crippen LogP contribution in [0.25, 0.3) is 11.4 Å². The second-order valence-corrected chi connectivity index (χ2v) is 13.3. The van der Waals surface area contributed by atoms with Gasteiger partial charge in [0.2, 0.25) is 0 Å². The summed E-state index contributed by atoms with van der Waals surface area (Å²) in [7, 11) is -3.51. The van der Waals surface area contributed by atoms with Crippen LogP contribution >= 0.6 is 0 Å². The molecule has 0 spiro atoms. The third-order valence-electron chi connectivity index (χ3n) is 6.60. The lowest BCUT2D eigenvalue weighted by molar-refractivity contribution is 0.0985. The van der Waals surface area contributed by atoms with Crippen LogP contribution in [-0.2, 0) is 19.3 Å². The van der Waals surface area contributed by atoms with E-state index in [1.54, 1.807) is 12.1 Å². The zero-order valence-corrected chi connectivity index (χ0v) is 22.8. The van der Waals surface area contributed by atoms with E-state index in [-0.39, 0.29) is 36.4 Å². The SMILES string of the molecule is C[C@H]1COCCN1c1cc(C2(S(=O)(=O)CCCO)CC2)nc(-c2ccc(NC(=O)NC(C)(C)C)cc2)n1. The predicted molar refractivity (Wildman–Crippen MR) is 143 cm³/mol. The first kappa shape index (κ1) is 27.3. The van der Waals surface area contributed by atoms with Crippen molar-refractivity contribution in [2.45, 2.75) is 63.3 Å². The summed E-state index contributed by atoms with van der Waals surface area (Å²) >= 11 is 0. The molecule has 3 N–H and O–H groups in total. The van der Waals surface area contributed by atoms with Gasteiger partial charge in [0.15, 0.2) is 15.7 Å². The van der Waals surface area contributed by atoms with Crippen LogP contribution in [0.3, 0.4) is 0 Å². The normalized spacial score (nSPS) is 19.4. The molecule has 0 bridgehead atoms. The van der Waals surface area contributed by atoms with Gasteiger partial charge in [-0.25, -0.2) is 23.2 Å². The van der Waals surface area contributed by atoms with E-state index >= 15 is 0 Å². The molecule has 202 valence electrons. The molecule has 2 aromatic rings. The van der Waals surface area contributed by atoms with E-state index in [1.807, 2.05) is 39.0 Å². The number of nitrogens with zero attached hydrogens (tertiary/aromatic N) is 3. The number of amides is 2. The van der Waals surface area contributed by atoms with Gasteiger partial charge in [-0.05, 0) is 71.2 Å². The largest absolute Gasteiger partial charge is 0.396 e. The van der Waals surface area contributed by atoms with Gasteiger partial charge >= 0.3 is 6.03 Å². The number of aromatic nitrogens is 2. The summed E-state index contributed by atoms with van der Waals surface area (Å²) in [6, 6.07) is 8.77. The number of ether oxygens (including phenoxy) is 1. The highest BCUT2D eigenvalue weighted by Crippen LogP contribution is 2.53. The van der Waals surface area contributed by atoms with E-state index in [4.69, 9.17) is 14.7 Å². The average Bonchev–Trinajstić information content (AvgIpc) is 3.65. The van der Waals surface area contributed by atoms with E-state index in [2.05, 4.69) is 22.5 Å². The minimum atomic E-state index is -3.51. The van der Waals surface area contributed by atoms with Crippen LogP contribution in [0.5, 0.6) is 0 Å². The van der Waals surface area contributed by atoms with Crippen molar-refractivity contribution in [2.75, 3.05) is 42.3 Å². The quantitative estimate of drug-likeness (QED) is 0.473. The molecule has 37 heavy (non-hydrogen) atoms. The fourth-order valence-electron chi connectivity index (χ4n) is 4.51. The second kappa shape index (κ2) is 10.5. The molecule has 1 saturated carbocycles. The number of carbonyl (C=O) groups excluding carboxylic acids is 1. The third-order valence-corrected chi connectivity index (χ3v) is 9.24. The van der Waals surface area contributed by atoms with Crippen molar-refractivity contribution in [3.05, 3.63) is 36.0 Å². The molecule has 4 rings (SSSR count). The molecule has 2 heterocycles. The molecule has 10 nitrogen and oxygen atoms in total. The van der Waals surface area contributed by atoms with Crippen molar-refractivity contribution in [3.63, 3.8) is 0 Å². The van der Waals surface area contributed by atoms with Crippen molar-refractivity contribution in [3.8, 4) is 11.4 Å². The topological polar surface area (TPSA) is 134 Å². The number of morpholine rings is 1. The molecule has 0 unspecified atom stereocenters. The number of hydrogen-bond acceptors (Lipinski definition) is 8. The number of aliphatic hydroxyl groups excluding tert-OH is 1. The molecule has 2 fully saturated rings. The van der Waals surface area contributed by atoms with Gasteiger partial charge in [-0.3, -0.25) is 0 Å². The van der Waals surface area contributed by atoms with Gasteiger partial charge in [0.1, 0.15) is 10.6 Å². The summed E-state index contributed by atoms with van der Waals surface area (Å²) < 4.78 is 31.1. The Balaban J connectivity index is 1.69. The minimum absolute atomic E-state index is 0.0802. The summed E-state index contributed by atoms with van der Waals surface area (Å²) in [5.41, 5.74) is 1.47. The Morgan fingerprint density at radius 3 is 2.51 bits per heavy atom. The van der Waals surface area contributed by atoms with E-state index in [0.717, 1.165) is 0 Å². The van der Waals surface area contributed by atoms with Crippen molar-refractivity contribution >= 4 is 27.4 Å². The number of hydrogen-bond donors (Lipinski definition) is 3. The zero-order valence-electron chi connectivity index (χ0n) is 22.0. The average molecular weight is 532 g/mol. The van der Waals surface area contributed by atoms with Gasteiger partial charge in [-0.2, -0.15) is 0 Å². The zero-order chi connectivity index (χ0) is 26.8. The fourth-order valence-corrected chi connectivity index (χ4v) is 6.55. The summed E-state index contributed by atoms with van der Waals surface area (Å²) in [4.78, 5) is 23.9. The van der Waals surface area contributed by atoms with Crippen LogP contribution in [0.1, 0.15) is 52.7 Å². The highest BCUT2D eigenvalue weighted by Gasteiger charge is 2.56. The number of aliphatic hydroxyl groups is 1. The first-order chi connectivity index (χ1) is 17.4. The molecule has 1 saturated heterocycles. The van der Waals surface area contributed by atoms with Gasteiger partial charge in [0.25, 0.3) is 0 Å². The highest BCUT2D eigenvalue weighted by molar-refractivity contribution is 7.92. The number of carbonyl (C=O) groups is 1. The number of anilines is 2. The van der Waals surface area contributed by atoms with Crippen LogP contribution in [0.4, 0.5) is 16.3 Å². The summed E-state index contributed by atoms with van der Waals surface area (Å²) in [5.74, 6) is 1.02. The summed E-state index contributed by atoms with van der Waals surface area (Å²) in [6.07, 6.45) is 1.20. The summed E-state index contributed by atoms with van der Waals surface area (Å²) in [5, 5.41) is 14.9. The maximum atomic E-state index is 13.3. The maximum Gasteiger partial charge on any atom is 0.319 e. The number of rotatable bonds is 8. The molecular weight excluding hydrogens is 494 g/mol. The molecule has 0 radical (unpaired) electrons. The van der Waals surface area contributed by atoms with Crippen molar-refractivity contribution < 1.29 is 23.1 Å². The fraction of sp³-hybridized carbons (Fsp3) is 0.577. The Labute approximate surface area is 218 Å². The Hall–Kier alpha value is -2.76. The molecule has 2 aliphatic rings. The van der Waals surface area contributed by atoms with E-state index in [1.165, 1.54) is 0 Å². The molecule has 2 amide bonds. The Morgan fingerprint density at radius 2 is 1.92 bits per heavy atom. The number of urea groups is 1. The Morgan fingerprint density at radius 1 is 1.22 bits per heavy atom. The molecule has 1 atom stereocenters. The molecule has 1 aliphatic carbocycles. The Kier molecular flexibility index (Phi) is 7.77. The van der Waals surface area contributed by atoms with E-state index in [9.17, 15) is 18.3 Å². The van der Waals surface area contributed by atoms with E-state index in [0.29, 0.717) is 61.2 Å². The van der Waals surface area contributed by atoms with Gasteiger partial charge in [-0.15, -0.1) is 0 Å². The lowest BCUT2D eigenvalue weighted by Gasteiger charge is -2.34. The predicted octanol–water partition coefficient (Wildman–Crippen LogP) is 3.08. The van der Waals surface area contributed by atoms with Gasteiger partial charge < -0.3 is 25.4 Å². The van der Waals surface area contributed by atoms with Gasteiger partial charge in [0.05, 0.1) is 30.7 Å². The van der Waals surface area contributed by atoms with Crippen LogP contribution in [0, 0.1) is 0 Å². The van der Waals surface area contributed by atoms with Crippen molar-refractivity contribution in [1.82, 2.24) is 15.3 Å². The highest BCUT2D eigenvalue weighted by atomic mass is 32.2. The Bertz CT molecular complexity index is 1220. The molecule has 1 aromatic carbocycles. The second-order valence-electron chi connectivity index (χ2n) is 10.8. The number of sulfone groups is 1. The van der Waals surface area contributed by atoms with Crippen LogP contribution in [0.2, 0.25) is 0 Å². The van der Waals surface area contributed by atoms with Gasteiger partial charge in [0, 0.05) is 36.0 Å². The first-order valence-electron chi connectivity index (χ1n) is 12.7. The van der Waals surface area contributed by atoms with Crippen LogP contribution in [-0.4, -0.2) is 73.2 Å².